The van der Waals surface area contributed by atoms with E-state index in [1.807, 2.05) is 24.3 Å². The van der Waals surface area contributed by atoms with E-state index < -0.39 is 0 Å². The maximum absolute atomic E-state index is 12.5. The van der Waals surface area contributed by atoms with Crippen molar-refractivity contribution in [1.82, 2.24) is 0 Å². The van der Waals surface area contributed by atoms with Crippen LogP contribution in [-0.4, -0.2) is 12.6 Å². The molecule has 0 aliphatic heterocycles. The molecule has 0 aromatic heterocycles. The van der Waals surface area contributed by atoms with Gasteiger partial charge in [0.1, 0.15) is 11.5 Å². The Morgan fingerprint density at radius 1 is 0.706 bits per heavy atom. The summed E-state index contributed by atoms with van der Waals surface area (Å²) in [6, 6.07) is 15.4. The minimum atomic E-state index is -0.327. The van der Waals surface area contributed by atoms with E-state index in [0.29, 0.717) is 17.2 Å². The monoisotopic (exact) mass is 464 g/mol. The van der Waals surface area contributed by atoms with Gasteiger partial charge in [0.25, 0.3) is 0 Å². The molecular formula is C31H44O3. The molecule has 0 saturated heterocycles. The molecule has 3 nitrogen and oxygen atoms in total. The lowest BCUT2D eigenvalue weighted by molar-refractivity contribution is 0.0734. The fraction of sp³-hybridized carbons (Fsp3) is 0.581. The molecule has 2 aromatic carbocycles. The van der Waals surface area contributed by atoms with Gasteiger partial charge in [-0.25, -0.2) is 4.79 Å². The molecule has 34 heavy (non-hydrogen) atoms. The summed E-state index contributed by atoms with van der Waals surface area (Å²) in [7, 11) is 0. The standard InChI is InChI=1S/C31H44O3/c1-2-3-4-5-6-7-8-9-10-14-25-33-29-21-19-28(20-22-29)31(32)34-30-23-17-27(18-24-30)26-15-12-11-13-16-26/h17-24,26H,2-16,25H2,1H3. The molecule has 0 spiro atoms. The van der Waals surface area contributed by atoms with Crippen LogP contribution >= 0.6 is 0 Å². The van der Waals surface area contributed by atoms with Crippen LogP contribution in [0.2, 0.25) is 0 Å². The topological polar surface area (TPSA) is 35.5 Å². The van der Waals surface area contributed by atoms with Crippen molar-refractivity contribution in [2.24, 2.45) is 0 Å². The summed E-state index contributed by atoms with van der Waals surface area (Å²) in [6.07, 6.45) is 19.7. The number of unbranched alkanes of at least 4 members (excludes halogenated alkanes) is 9. The number of carbonyl (C=O) groups is 1. The van der Waals surface area contributed by atoms with E-state index in [4.69, 9.17) is 9.47 Å². The van der Waals surface area contributed by atoms with E-state index in [9.17, 15) is 4.79 Å². The molecule has 0 heterocycles. The zero-order valence-electron chi connectivity index (χ0n) is 21.2. The number of hydrogen-bond acceptors (Lipinski definition) is 3. The minimum Gasteiger partial charge on any atom is -0.494 e. The Bertz CT molecular complexity index is 804. The molecule has 0 N–H and O–H groups in total. The van der Waals surface area contributed by atoms with Crippen LogP contribution in [0.4, 0.5) is 0 Å². The molecule has 3 heteroatoms. The van der Waals surface area contributed by atoms with Crippen molar-refractivity contribution < 1.29 is 14.3 Å². The highest BCUT2D eigenvalue weighted by Gasteiger charge is 2.16. The van der Waals surface area contributed by atoms with Gasteiger partial charge in [-0.3, -0.25) is 0 Å². The summed E-state index contributed by atoms with van der Waals surface area (Å²) < 4.78 is 11.4. The number of carbonyl (C=O) groups excluding carboxylic acids is 1. The zero-order chi connectivity index (χ0) is 23.8. The number of esters is 1. The average molecular weight is 465 g/mol. The highest BCUT2D eigenvalue weighted by atomic mass is 16.5. The lowest BCUT2D eigenvalue weighted by atomic mass is 9.84. The lowest BCUT2D eigenvalue weighted by Gasteiger charge is -2.22. The second kappa shape index (κ2) is 15.6. The van der Waals surface area contributed by atoms with Crippen LogP contribution in [-0.2, 0) is 0 Å². The number of benzene rings is 2. The van der Waals surface area contributed by atoms with E-state index in [2.05, 4.69) is 19.1 Å². The molecule has 0 unspecified atom stereocenters. The Morgan fingerprint density at radius 2 is 1.26 bits per heavy atom. The van der Waals surface area contributed by atoms with Gasteiger partial charge in [0.2, 0.25) is 0 Å². The summed E-state index contributed by atoms with van der Waals surface area (Å²) >= 11 is 0. The van der Waals surface area contributed by atoms with Crippen molar-refractivity contribution >= 4 is 5.97 Å². The lowest BCUT2D eigenvalue weighted by Crippen LogP contribution is -2.09. The van der Waals surface area contributed by atoms with Crippen molar-refractivity contribution in [3.05, 3.63) is 59.7 Å². The summed E-state index contributed by atoms with van der Waals surface area (Å²) in [5.41, 5.74) is 1.91. The van der Waals surface area contributed by atoms with Gasteiger partial charge in [-0.2, -0.15) is 0 Å². The highest BCUT2D eigenvalue weighted by Crippen LogP contribution is 2.33. The van der Waals surface area contributed by atoms with Gasteiger partial charge in [-0.15, -0.1) is 0 Å². The van der Waals surface area contributed by atoms with Crippen LogP contribution in [0.25, 0.3) is 0 Å². The summed E-state index contributed by atoms with van der Waals surface area (Å²) in [5, 5.41) is 0. The first-order valence-electron chi connectivity index (χ1n) is 13.8. The van der Waals surface area contributed by atoms with Crippen molar-refractivity contribution in [2.75, 3.05) is 6.61 Å². The van der Waals surface area contributed by atoms with Gasteiger partial charge in [0.15, 0.2) is 0 Å². The quantitative estimate of drug-likeness (QED) is 0.150. The van der Waals surface area contributed by atoms with Gasteiger partial charge < -0.3 is 9.47 Å². The summed E-state index contributed by atoms with van der Waals surface area (Å²) in [5.74, 6) is 1.74. The minimum absolute atomic E-state index is 0.327. The predicted molar refractivity (Wildman–Crippen MR) is 141 cm³/mol. The normalized spacial score (nSPS) is 14.1. The molecule has 0 atom stereocenters. The van der Waals surface area contributed by atoms with E-state index >= 15 is 0 Å². The largest absolute Gasteiger partial charge is 0.494 e. The highest BCUT2D eigenvalue weighted by molar-refractivity contribution is 5.91. The van der Waals surface area contributed by atoms with Gasteiger partial charge in [0, 0.05) is 0 Å². The van der Waals surface area contributed by atoms with E-state index in [1.54, 1.807) is 12.1 Å². The van der Waals surface area contributed by atoms with Gasteiger partial charge in [-0.05, 0) is 67.1 Å². The first-order chi connectivity index (χ1) is 16.8. The van der Waals surface area contributed by atoms with E-state index in [-0.39, 0.29) is 5.97 Å². The van der Waals surface area contributed by atoms with Crippen LogP contribution in [0.3, 0.4) is 0 Å². The van der Waals surface area contributed by atoms with E-state index in [1.165, 1.54) is 95.5 Å². The number of ether oxygens (including phenoxy) is 2. The first kappa shape index (κ1) is 26.3. The van der Waals surface area contributed by atoms with Crippen molar-refractivity contribution in [3.63, 3.8) is 0 Å². The molecular weight excluding hydrogens is 420 g/mol. The maximum Gasteiger partial charge on any atom is 0.343 e. The Labute approximate surface area is 207 Å². The van der Waals surface area contributed by atoms with Crippen LogP contribution in [0, 0.1) is 0 Å². The molecule has 1 fully saturated rings. The molecule has 3 rings (SSSR count). The third-order valence-electron chi connectivity index (χ3n) is 7.02. The third-order valence-corrected chi connectivity index (χ3v) is 7.02. The Kier molecular flexibility index (Phi) is 12.1. The van der Waals surface area contributed by atoms with Crippen molar-refractivity contribution in [2.45, 2.75) is 109 Å². The molecule has 1 saturated carbocycles. The van der Waals surface area contributed by atoms with Crippen molar-refractivity contribution in [1.29, 1.82) is 0 Å². The average Bonchev–Trinajstić information content (AvgIpc) is 2.88. The summed E-state index contributed by atoms with van der Waals surface area (Å²) in [4.78, 5) is 12.5. The van der Waals surface area contributed by atoms with Crippen LogP contribution in [0.1, 0.15) is 125 Å². The van der Waals surface area contributed by atoms with Crippen LogP contribution < -0.4 is 9.47 Å². The Hall–Kier alpha value is -2.29. The smallest absolute Gasteiger partial charge is 0.343 e. The number of hydrogen-bond donors (Lipinski definition) is 0. The molecule has 0 radical (unpaired) electrons. The molecule has 186 valence electrons. The molecule has 0 amide bonds. The summed E-state index contributed by atoms with van der Waals surface area (Å²) in [6.45, 7) is 3.00. The van der Waals surface area contributed by atoms with Crippen molar-refractivity contribution in [3.8, 4) is 11.5 Å². The second-order valence-corrected chi connectivity index (χ2v) is 9.85. The van der Waals surface area contributed by atoms with Gasteiger partial charge in [-0.1, -0.05) is 96.1 Å². The molecule has 1 aliphatic rings. The Balaban J connectivity index is 1.30. The second-order valence-electron chi connectivity index (χ2n) is 9.85. The Morgan fingerprint density at radius 3 is 1.88 bits per heavy atom. The predicted octanol–water partition coefficient (Wildman–Crippen LogP) is 9.25. The fourth-order valence-electron chi connectivity index (χ4n) is 4.88. The third kappa shape index (κ3) is 9.52. The first-order valence-corrected chi connectivity index (χ1v) is 13.8. The van der Waals surface area contributed by atoms with Crippen LogP contribution in [0.15, 0.2) is 48.5 Å². The fourth-order valence-corrected chi connectivity index (χ4v) is 4.88. The van der Waals surface area contributed by atoms with E-state index in [0.717, 1.165) is 18.8 Å². The molecule has 1 aliphatic carbocycles. The molecule has 0 bridgehead atoms. The molecule has 2 aromatic rings. The van der Waals surface area contributed by atoms with Crippen LogP contribution in [0.5, 0.6) is 11.5 Å². The maximum atomic E-state index is 12.5. The SMILES string of the molecule is CCCCCCCCCCCCOc1ccc(C(=O)Oc2ccc(C3CCCCC3)cc2)cc1. The number of rotatable bonds is 15. The zero-order valence-corrected chi connectivity index (χ0v) is 21.2. The van der Waals surface area contributed by atoms with Gasteiger partial charge >= 0.3 is 5.97 Å². The van der Waals surface area contributed by atoms with Gasteiger partial charge in [0.05, 0.1) is 12.2 Å².